The Hall–Kier alpha value is -1.84. The Balaban J connectivity index is 2.14. The van der Waals surface area contributed by atoms with Crippen LogP contribution in [0.1, 0.15) is 10.5 Å². The van der Waals surface area contributed by atoms with Crippen LogP contribution in [0.4, 0.5) is 0 Å². The first-order chi connectivity index (χ1) is 6.77. The maximum absolute atomic E-state index is 11.7. The van der Waals surface area contributed by atoms with Gasteiger partial charge in [-0.15, -0.1) is 0 Å². The van der Waals surface area contributed by atoms with Crippen LogP contribution in [0.5, 0.6) is 0 Å². The van der Waals surface area contributed by atoms with Crippen molar-refractivity contribution in [3.05, 3.63) is 42.5 Å². The van der Waals surface area contributed by atoms with Gasteiger partial charge in [0.1, 0.15) is 6.54 Å². The van der Waals surface area contributed by atoms with E-state index >= 15 is 0 Å². The third-order valence-corrected chi connectivity index (χ3v) is 2.09. The minimum Gasteiger partial charge on any atom is -0.348 e. The average Bonchev–Trinajstić information content (AvgIpc) is 2.75. The normalized spacial score (nSPS) is 10.4. The summed E-state index contributed by atoms with van der Waals surface area (Å²) in [5.74, 6) is 0.0706. The molecule has 0 amide bonds. The highest BCUT2D eigenvalue weighted by Gasteiger charge is 2.09. The van der Waals surface area contributed by atoms with Crippen LogP contribution in [-0.2, 0) is 13.6 Å². The van der Waals surface area contributed by atoms with Crippen LogP contribution in [0, 0.1) is 0 Å². The highest BCUT2D eigenvalue weighted by atomic mass is 16.1. The molecule has 0 saturated heterocycles. The van der Waals surface area contributed by atoms with Gasteiger partial charge in [-0.05, 0) is 18.2 Å². The van der Waals surface area contributed by atoms with Gasteiger partial charge < -0.3 is 4.57 Å². The molecule has 0 bridgehead atoms. The molecule has 0 spiro atoms. The van der Waals surface area contributed by atoms with Gasteiger partial charge in [-0.1, -0.05) is 0 Å². The number of hydrogen-bond donors (Lipinski definition) is 0. The molecule has 2 aromatic rings. The molecule has 0 atom stereocenters. The van der Waals surface area contributed by atoms with Gasteiger partial charge in [-0.3, -0.25) is 9.48 Å². The molecular weight excluding hydrogens is 178 g/mol. The first-order valence-electron chi connectivity index (χ1n) is 4.39. The van der Waals surface area contributed by atoms with Crippen LogP contribution in [-0.4, -0.2) is 20.1 Å². The molecule has 72 valence electrons. The van der Waals surface area contributed by atoms with Crippen molar-refractivity contribution in [2.45, 2.75) is 6.54 Å². The monoisotopic (exact) mass is 189 g/mol. The summed E-state index contributed by atoms with van der Waals surface area (Å²) in [7, 11) is 1.86. The second-order valence-corrected chi connectivity index (χ2v) is 3.13. The Kier molecular flexibility index (Phi) is 2.18. The van der Waals surface area contributed by atoms with E-state index in [-0.39, 0.29) is 5.78 Å². The van der Waals surface area contributed by atoms with Gasteiger partial charge in [0.05, 0.1) is 5.69 Å². The summed E-state index contributed by atoms with van der Waals surface area (Å²) in [6.45, 7) is 0.296. The van der Waals surface area contributed by atoms with E-state index in [2.05, 4.69) is 5.10 Å². The molecule has 0 N–H and O–H groups in total. The minimum atomic E-state index is 0.0706. The lowest BCUT2D eigenvalue weighted by Crippen LogP contribution is -2.13. The average molecular weight is 189 g/mol. The molecule has 0 aliphatic carbocycles. The Morgan fingerprint density at radius 1 is 1.43 bits per heavy atom. The van der Waals surface area contributed by atoms with E-state index in [0.29, 0.717) is 12.2 Å². The number of ketones is 1. The number of rotatable bonds is 3. The number of hydrogen-bond acceptors (Lipinski definition) is 2. The molecule has 0 radical (unpaired) electrons. The number of aromatic nitrogens is 3. The fourth-order valence-corrected chi connectivity index (χ4v) is 1.37. The van der Waals surface area contributed by atoms with Crippen molar-refractivity contribution in [1.29, 1.82) is 0 Å². The van der Waals surface area contributed by atoms with Crippen LogP contribution in [0.3, 0.4) is 0 Å². The molecule has 0 aromatic carbocycles. The Morgan fingerprint density at radius 3 is 2.86 bits per heavy atom. The third-order valence-electron chi connectivity index (χ3n) is 2.09. The summed E-state index contributed by atoms with van der Waals surface area (Å²) < 4.78 is 3.43. The fraction of sp³-hybridized carbons (Fsp3) is 0.200. The minimum absolute atomic E-state index is 0.0706. The lowest BCUT2D eigenvalue weighted by atomic mass is 10.3. The van der Waals surface area contributed by atoms with Gasteiger partial charge in [0.15, 0.2) is 0 Å². The molecule has 0 aliphatic rings. The van der Waals surface area contributed by atoms with Crippen molar-refractivity contribution in [1.82, 2.24) is 14.3 Å². The van der Waals surface area contributed by atoms with Crippen LogP contribution >= 0.6 is 0 Å². The number of nitrogens with zero attached hydrogens (tertiary/aromatic N) is 3. The Bertz CT molecular complexity index is 428. The topological polar surface area (TPSA) is 39.8 Å². The summed E-state index contributed by atoms with van der Waals surface area (Å²) in [6.07, 6.45) is 5.30. The van der Waals surface area contributed by atoms with Crippen LogP contribution < -0.4 is 0 Å². The summed E-state index contributed by atoms with van der Waals surface area (Å²) in [4.78, 5) is 11.7. The Labute approximate surface area is 81.8 Å². The summed E-state index contributed by atoms with van der Waals surface area (Å²) in [5, 5.41) is 3.98. The first-order valence-corrected chi connectivity index (χ1v) is 4.39. The van der Waals surface area contributed by atoms with E-state index in [1.54, 1.807) is 23.1 Å². The van der Waals surface area contributed by atoms with E-state index in [0.717, 1.165) is 0 Å². The van der Waals surface area contributed by atoms with Crippen LogP contribution in [0.15, 0.2) is 36.8 Å². The summed E-state index contributed by atoms with van der Waals surface area (Å²) in [6, 6.07) is 5.47. The summed E-state index contributed by atoms with van der Waals surface area (Å²) in [5.41, 5.74) is 0.709. The van der Waals surface area contributed by atoms with Gasteiger partial charge in [0.25, 0.3) is 0 Å². The zero-order valence-corrected chi connectivity index (χ0v) is 7.92. The molecule has 2 rings (SSSR count). The van der Waals surface area contributed by atoms with Gasteiger partial charge >= 0.3 is 0 Å². The lowest BCUT2D eigenvalue weighted by molar-refractivity contribution is 0.0960. The maximum atomic E-state index is 11.7. The van der Waals surface area contributed by atoms with Crippen LogP contribution in [0.25, 0.3) is 0 Å². The zero-order chi connectivity index (χ0) is 9.97. The van der Waals surface area contributed by atoms with Gasteiger partial charge in [0, 0.05) is 25.6 Å². The molecule has 14 heavy (non-hydrogen) atoms. The number of Topliss-reactive ketones (excluding diaryl/α,β-unsaturated/α-hetero) is 1. The van der Waals surface area contributed by atoms with E-state index in [9.17, 15) is 4.79 Å². The predicted octanol–water partition coefficient (Wildman–Crippen LogP) is 1.10. The zero-order valence-electron chi connectivity index (χ0n) is 7.92. The molecule has 0 saturated carbocycles. The first kappa shape index (κ1) is 8.74. The SMILES string of the molecule is Cn1cccc1C(=O)Cn1cccn1. The Morgan fingerprint density at radius 2 is 2.29 bits per heavy atom. The standard InChI is InChI=1S/C10H11N3O/c1-12-6-2-4-9(12)10(14)8-13-7-3-5-11-13/h2-7H,8H2,1H3. The van der Waals surface area contributed by atoms with Gasteiger partial charge in [-0.2, -0.15) is 5.10 Å². The quantitative estimate of drug-likeness (QED) is 0.678. The molecule has 0 aliphatic heterocycles. The van der Waals surface area contributed by atoms with E-state index in [4.69, 9.17) is 0 Å². The van der Waals surface area contributed by atoms with Crippen molar-refractivity contribution >= 4 is 5.78 Å². The highest BCUT2D eigenvalue weighted by Crippen LogP contribution is 2.02. The van der Waals surface area contributed by atoms with E-state index < -0.39 is 0 Å². The van der Waals surface area contributed by atoms with Crippen molar-refractivity contribution < 1.29 is 4.79 Å². The van der Waals surface area contributed by atoms with E-state index in [1.807, 2.05) is 29.9 Å². The maximum Gasteiger partial charge on any atom is 0.200 e. The molecule has 4 heteroatoms. The smallest absolute Gasteiger partial charge is 0.200 e. The van der Waals surface area contributed by atoms with Crippen molar-refractivity contribution in [2.75, 3.05) is 0 Å². The molecule has 0 unspecified atom stereocenters. The van der Waals surface area contributed by atoms with Crippen molar-refractivity contribution in [2.24, 2.45) is 7.05 Å². The van der Waals surface area contributed by atoms with E-state index in [1.165, 1.54) is 0 Å². The number of carbonyl (C=O) groups excluding carboxylic acids is 1. The van der Waals surface area contributed by atoms with Crippen molar-refractivity contribution in [3.8, 4) is 0 Å². The highest BCUT2D eigenvalue weighted by molar-refractivity contribution is 5.94. The molecule has 0 fully saturated rings. The number of carbonyl (C=O) groups is 1. The molecule has 4 nitrogen and oxygen atoms in total. The van der Waals surface area contributed by atoms with Gasteiger partial charge in [-0.25, -0.2) is 0 Å². The third kappa shape index (κ3) is 1.59. The largest absolute Gasteiger partial charge is 0.348 e. The summed E-state index contributed by atoms with van der Waals surface area (Å²) >= 11 is 0. The van der Waals surface area contributed by atoms with Crippen molar-refractivity contribution in [3.63, 3.8) is 0 Å². The fourth-order valence-electron chi connectivity index (χ4n) is 1.37. The van der Waals surface area contributed by atoms with Crippen LogP contribution in [0.2, 0.25) is 0 Å². The molecule has 2 aromatic heterocycles. The predicted molar refractivity (Wildman–Crippen MR) is 52.0 cm³/mol. The second-order valence-electron chi connectivity index (χ2n) is 3.13. The second kappa shape index (κ2) is 3.49. The lowest BCUT2D eigenvalue weighted by Gasteiger charge is -2.02. The molecular formula is C10H11N3O. The molecule has 2 heterocycles. The number of aryl methyl sites for hydroxylation is 1. The van der Waals surface area contributed by atoms with Gasteiger partial charge in [0.2, 0.25) is 5.78 Å².